The summed E-state index contributed by atoms with van der Waals surface area (Å²) in [6.45, 7) is 0. The van der Waals surface area contributed by atoms with E-state index in [1.54, 1.807) is 0 Å². The van der Waals surface area contributed by atoms with E-state index >= 15 is 0 Å². The first-order valence-corrected chi connectivity index (χ1v) is 19.9. The molecule has 2 heterocycles. The molecule has 2 heteroatoms. The van der Waals surface area contributed by atoms with Gasteiger partial charge in [0.1, 0.15) is 5.65 Å². The van der Waals surface area contributed by atoms with E-state index in [-0.39, 0.29) is 0 Å². The third-order valence-electron chi connectivity index (χ3n) is 12.3. The minimum atomic E-state index is 0.935. The number of fused-ring (bicyclic) bond motifs is 7. The van der Waals surface area contributed by atoms with Crippen molar-refractivity contribution in [2.45, 2.75) is 12.8 Å². The third-order valence-corrected chi connectivity index (χ3v) is 12.3. The summed E-state index contributed by atoms with van der Waals surface area (Å²) in [7, 11) is 0. The lowest BCUT2D eigenvalue weighted by molar-refractivity contribution is 0.984. The Balaban J connectivity index is 1.10. The average Bonchev–Trinajstić information content (AvgIpc) is 3.80. The van der Waals surface area contributed by atoms with Crippen molar-refractivity contribution in [2.24, 2.45) is 0 Å². The van der Waals surface area contributed by atoms with Gasteiger partial charge in [0, 0.05) is 22.7 Å². The van der Waals surface area contributed by atoms with Crippen molar-refractivity contribution in [2.75, 3.05) is 0 Å². The van der Waals surface area contributed by atoms with Crippen LogP contribution in [0.1, 0.15) is 18.4 Å². The lowest BCUT2D eigenvalue weighted by Gasteiger charge is -2.21. The molecule has 0 fully saturated rings. The van der Waals surface area contributed by atoms with E-state index in [0.29, 0.717) is 0 Å². The summed E-state index contributed by atoms with van der Waals surface area (Å²) in [5, 5.41) is 7.66. The molecule has 2 aliphatic carbocycles. The van der Waals surface area contributed by atoms with Crippen LogP contribution in [0, 0.1) is 0 Å². The minimum Gasteiger partial charge on any atom is -0.298 e. The maximum absolute atomic E-state index is 4.86. The van der Waals surface area contributed by atoms with Gasteiger partial charge in [0.2, 0.25) is 0 Å². The van der Waals surface area contributed by atoms with Crippen molar-refractivity contribution in [3.63, 3.8) is 0 Å². The summed E-state index contributed by atoms with van der Waals surface area (Å²) in [5.74, 6) is 0. The van der Waals surface area contributed by atoms with Crippen molar-refractivity contribution >= 4 is 54.8 Å². The highest BCUT2D eigenvalue weighted by Gasteiger charge is 2.31. The van der Waals surface area contributed by atoms with Gasteiger partial charge in [-0.2, -0.15) is 0 Å². The molecule has 0 bridgehead atoms. The zero-order chi connectivity index (χ0) is 37.5. The molecule has 0 unspecified atom stereocenters. The molecule has 266 valence electrons. The standard InChI is InChI=1S/C55H36N2/c1-4-14-35(15-5-1)39-27-30-44-48(34-39)51(38-18-8-3-9-19-38)53-46-22-12-21-43-41(31-32-47(52(43)46)54(53)50(44)37-16-6-2-7-17-37)36-25-28-40(29-26-36)57-49-24-11-10-20-42(49)45-23-13-33-56-55(45)57/h1-25,27-28,30-34H,26,29H2. The average molecular weight is 725 g/mol. The van der Waals surface area contributed by atoms with Crippen LogP contribution in [0.2, 0.25) is 0 Å². The van der Waals surface area contributed by atoms with Crippen LogP contribution in [0.25, 0.3) is 110 Å². The van der Waals surface area contributed by atoms with Crippen LogP contribution in [0.3, 0.4) is 0 Å². The number of nitrogens with zero attached hydrogens (tertiary/aromatic N) is 2. The molecule has 12 rings (SSSR count). The van der Waals surface area contributed by atoms with Crippen LogP contribution in [-0.4, -0.2) is 9.55 Å². The molecule has 0 radical (unpaired) electrons. The molecule has 57 heavy (non-hydrogen) atoms. The van der Waals surface area contributed by atoms with E-state index in [4.69, 9.17) is 4.98 Å². The topological polar surface area (TPSA) is 17.8 Å². The number of benzene rings is 8. The molecule has 0 saturated carbocycles. The van der Waals surface area contributed by atoms with E-state index in [2.05, 4.69) is 187 Å². The SMILES string of the molecule is C1=C(c2ccc3c4c(cccc24)-c2c-3c(-c3ccccc3)c3ccc(-c4ccccc4)cc3c2-c2ccccc2)CCC(n2c3ccccc3c3cccnc32)=C1. The second-order valence-electron chi connectivity index (χ2n) is 15.3. The van der Waals surface area contributed by atoms with E-state index < -0.39 is 0 Å². The zero-order valence-electron chi connectivity index (χ0n) is 31.3. The normalized spacial score (nSPS) is 13.3. The van der Waals surface area contributed by atoms with Gasteiger partial charge in [0.15, 0.2) is 0 Å². The van der Waals surface area contributed by atoms with Gasteiger partial charge in [0.05, 0.1) is 5.52 Å². The fraction of sp³-hybridized carbons (Fsp3) is 0.0364. The molecule has 0 spiro atoms. The first kappa shape index (κ1) is 32.0. The number of pyridine rings is 1. The van der Waals surface area contributed by atoms with Gasteiger partial charge in [-0.15, -0.1) is 0 Å². The summed E-state index contributed by atoms with van der Waals surface area (Å²) in [4.78, 5) is 4.86. The van der Waals surface area contributed by atoms with Crippen LogP contribution in [-0.2, 0) is 0 Å². The highest BCUT2D eigenvalue weighted by molar-refractivity contribution is 6.28. The first-order valence-electron chi connectivity index (χ1n) is 19.9. The molecule has 0 amide bonds. The Kier molecular flexibility index (Phi) is 7.09. The highest BCUT2D eigenvalue weighted by Crippen LogP contribution is 2.58. The van der Waals surface area contributed by atoms with Crippen molar-refractivity contribution in [3.05, 3.63) is 200 Å². The van der Waals surface area contributed by atoms with Crippen LogP contribution < -0.4 is 0 Å². The van der Waals surface area contributed by atoms with Crippen LogP contribution in [0.15, 0.2) is 194 Å². The Bertz CT molecular complexity index is 3260. The monoisotopic (exact) mass is 724 g/mol. The molecule has 2 nitrogen and oxygen atoms in total. The third kappa shape index (κ3) is 4.81. The van der Waals surface area contributed by atoms with Crippen molar-refractivity contribution in [1.82, 2.24) is 9.55 Å². The first-order chi connectivity index (χ1) is 28.3. The summed E-state index contributed by atoms with van der Waals surface area (Å²) in [5.41, 5.74) is 19.0. The number of allylic oxidation sites excluding steroid dienone is 4. The van der Waals surface area contributed by atoms with Gasteiger partial charge in [-0.3, -0.25) is 4.57 Å². The fourth-order valence-corrected chi connectivity index (χ4v) is 9.87. The maximum atomic E-state index is 4.86. The van der Waals surface area contributed by atoms with Gasteiger partial charge in [-0.1, -0.05) is 158 Å². The van der Waals surface area contributed by atoms with Crippen molar-refractivity contribution in [3.8, 4) is 55.6 Å². The molecule has 0 saturated heterocycles. The second kappa shape index (κ2) is 12.6. The molecule has 0 aliphatic heterocycles. The molecule has 10 aromatic rings. The van der Waals surface area contributed by atoms with E-state index in [1.165, 1.54) is 110 Å². The number of para-hydroxylation sites is 1. The van der Waals surface area contributed by atoms with Crippen LogP contribution in [0.5, 0.6) is 0 Å². The maximum Gasteiger partial charge on any atom is 0.145 e. The lowest BCUT2D eigenvalue weighted by Crippen LogP contribution is -2.02. The summed E-state index contributed by atoms with van der Waals surface area (Å²) in [6, 6.07) is 64.6. The van der Waals surface area contributed by atoms with Gasteiger partial charge in [0.25, 0.3) is 0 Å². The molecule has 8 aromatic carbocycles. The largest absolute Gasteiger partial charge is 0.298 e. The zero-order valence-corrected chi connectivity index (χ0v) is 31.3. The molecule has 0 N–H and O–H groups in total. The second-order valence-corrected chi connectivity index (χ2v) is 15.3. The summed E-state index contributed by atoms with van der Waals surface area (Å²) >= 11 is 0. The van der Waals surface area contributed by atoms with Gasteiger partial charge in [-0.25, -0.2) is 4.98 Å². The quantitative estimate of drug-likeness (QED) is 0.173. The number of rotatable bonds is 5. The minimum absolute atomic E-state index is 0.935. The lowest BCUT2D eigenvalue weighted by atomic mass is 9.82. The Labute approximate surface area is 331 Å². The summed E-state index contributed by atoms with van der Waals surface area (Å²) in [6.07, 6.45) is 8.48. The molecular formula is C55H36N2. The van der Waals surface area contributed by atoms with Gasteiger partial charge < -0.3 is 0 Å². The molecule has 2 aromatic heterocycles. The van der Waals surface area contributed by atoms with Crippen LogP contribution in [0.4, 0.5) is 0 Å². The van der Waals surface area contributed by atoms with Crippen molar-refractivity contribution < 1.29 is 0 Å². The number of hydrogen-bond donors (Lipinski definition) is 0. The molecule has 2 aliphatic rings. The van der Waals surface area contributed by atoms with E-state index in [9.17, 15) is 0 Å². The Morgan fingerprint density at radius 3 is 1.75 bits per heavy atom. The van der Waals surface area contributed by atoms with Gasteiger partial charge >= 0.3 is 0 Å². The fourth-order valence-electron chi connectivity index (χ4n) is 9.87. The predicted octanol–water partition coefficient (Wildman–Crippen LogP) is 14.9. The summed E-state index contributed by atoms with van der Waals surface area (Å²) < 4.78 is 2.37. The Hall–Kier alpha value is -7.29. The predicted molar refractivity (Wildman–Crippen MR) is 241 cm³/mol. The van der Waals surface area contributed by atoms with E-state index in [1.807, 2.05) is 12.3 Å². The Morgan fingerprint density at radius 1 is 0.386 bits per heavy atom. The number of aromatic nitrogens is 2. The van der Waals surface area contributed by atoms with Crippen molar-refractivity contribution in [1.29, 1.82) is 0 Å². The molecular weight excluding hydrogens is 689 g/mol. The molecule has 0 atom stereocenters. The highest BCUT2D eigenvalue weighted by atomic mass is 15.1. The number of hydrogen-bond acceptors (Lipinski definition) is 1. The van der Waals surface area contributed by atoms with Crippen LogP contribution >= 0.6 is 0 Å². The van der Waals surface area contributed by atoms with Gasteiger partial charge in [-0.05, 0) is 131 Å². The Morgan fingerprint density at radius 2 is 1.02 bits per heavy atom. The smallest absolute Gasteiger partial charge is 0.145 e. The van der Waals surface area contributed by atoms with E-state index in [0.717, 1.165) is 18.5 Å².